The van der Waals surface area contributed by atoms with E-state index >= 15 is 0 Å². The molecule has 0 bridgehead atoms. The summed E-state index contributed by atoms with van der Waals surface area (Å²) in [4.78, 5) is 32.9. The third-order valence-electron chi connectivity index (χ3n) is 3.89. The van der Waals surface area contributed by atoms with Crippen LogP contribution in [0.15, 0.2) is 10.8 Å². The third-order valence-corrected chi connectivity index (χ3v) is 4.29. The molecule has 2 amide bonds. The minimum absolute atomic E-state index is 0.122. The number of aromatic amines is 1. The molecule has 2 rings (SSSR count). The summed E-state index contributed by atoms with van der Waals surface area (Å²) in [7, 11) is 0. The molecule has 1 aliphatic rings. The number of halogens is 1. The van der Waals surface area contributed by atoms with Gasteiger partial charge in [-0.1, -0.05) is 20.8 Å². The Morgan fingerprint density at radius 3 is 2.73 bits per heavy atom. The smallest absolute Gasteiger partial charge is 0.405 e. The predicted molar refractivity (Wildman–Crippen MR) is 84.3 cm³/mol. The Bertz CT molecular complexity index is 560. The molecule has 2 heterocycles. The maximum absolute atomic E-state index is 12.8. The zero-order valence-electron chi connectivity index (χ0n) is 12.8. The summed E-state index contributed by atoms with van der Waals surface area (Å²) >= 11 is 3.32. The average molecular weight is 373 g/mol. The summed E-state index contributed by atoms with van der Waals surface area (Å²) < 4.78 is 0.763. The molecule has 8 heteroatoms. The molecular formula is C14H21BrN4O3. The van der Waals surface area contributed by atoms with Gasteiger partial charge in [0.1, 0.15) is 16.5 Å². The maximum Gasteiger partial charge on any atom is 0.405 e. The summed E-state index contributed by atoms with van der Waals surface area (Å²) in [6, 6.07) is -0.894. The van der Waals surface area contributed by atoms with E-state index < -0.39 is 12.1 Å². The van der Waals surface area contributed by atoms with Crippen LogP contribution in [0, 0.1) is 11.8 Å². The molecule has 1 aromatic rings. The second kappa shape index (κ2) is 6.68. The van der Waals surface area contributed by atoms with Gasteiger partial charge in [-0.05, 0) is 34.2 Å². The van der Waals surface area contributed by atoms with Crippen LogP contribution in [0.1, 0.15) is 39.1 Å². The topological polar surface area (TPSA) is 98.3 Å². The van der Waals surface area contributed by atoms with Crippen LogP contribution >= 0.6 is 15.9 Å². The van der Waals surface area contributed by atoms with Crippen molar-refractivity contribution in [3.8, 4) is 0 Å². The first kappa shape index (κ1) is 16.8. The summed E-state index contributed by atoms with van der Waals surface area (Å²) in [6.45, 7) is 6.34. The van der Waals surface area contributed by atoms with Crippen LogP contribution in [0.2, 0.25) is 0 Å². The second-order valence-corrected chi connectivity index (χ2v) is 6.99. The van der Waals surface area contributed by atoms with Gasteiger partial charge in [0.15, 0.2) is 0 Å². The number of carboxylic acid groups (broad SMARTS) is 1. The zero-order valence-corrected chi connectivity index (χ0v) is 14.4. The SMILES string of the molecule is CC(C)C(NC(=O)O)C(=O)N1C[C@@H](C)C[C@H]1c1ncc(Br)[nH]1. The number of nitrogens with zero attached hydrogens (tertiary/aromatic N) is 2. The van der Waals surface area contributed by atoms with E-state index in [1.807, 2.05) is 13.8 Å². The van der Waals surface area contributed by atoms with E-state index in [2.05, 4.69) is 38.1 Å². The van der Waals surface area contributed by atoms with E-state index in [4.69, 9.17) is 5.11 Å². The van der Waals surface area contributed by atoms with Gasteiger partial charge in [-0.2, -0.15) is 0 Å². The van der Waals surface area contributed by atoms with Crippen LogP contribution in [0.5, 0.6) is 0 Å². The van der Waals surface area contributed by atoms with Crippen molar-refractivity contribution < 1.29 is 14.7 Å². The average Bonchev–Trinajstić information content (AvgIpc) is 3.00. The summed E-state index contributed by atoms with van der Waals surface area (Å²) in [6.07, 6.45) is 1.29. The van der Waals surface area contributed by atoms with E-state index in [0.717, 1.165) is 16.8 Å². The Labute approximate surface area is 137 Å². The van der Waals surface area contributed by atoms with Gasteiger partial charge in [0.25, 0.3) is 0 Å². The fraction of sp³-hybridized carbons (Fsp3) is 0.643. The van der Waals surface area contributed by atoms with E-state index in [-0.39, 0.29) is 17.9 Å². The van der Waals surface area contributed by atoms with Crippen LogP contribution < -0.4 is 5.32 Å². The van der Waals surface area contributed by atoms with Crippen LogP contribution in [0.25, 0.3) is 0 Å². The largest absolute Gasteiger partial charge is 0.465 e. The molecule has 122 valence electrons. The Hall–Kier alpha value is -1.57. The van der Waals surface area contributed by atoms with Gasteiger partial charge in [-0.3, -0.25) is 4.79 Å². The number of nitrogens with one attached hydrogen (secondary N) is 2. The van der Waals surface area contributed by atoms with Crippen molar-refractivity contribution >= 4 is 27.9 Å². The molecule has 1 fully saturated rings. The van der Waals surface area contributed by atoms with E-state index in [1.165, 1.54) is 0 Å². The summed E-state index contributed by atoms with van der Waals surface area (Å²) in [5.74, 6) is 0.751. The van der Waals surface area contributed by atoms with Crippen LogP contribution in [0.3, 0.4) is 0 Å². The number of carbonyl (C=O) groups excluding carboxylic acids is 1. The lowest BCUT2D eigenvalue weighted by molar-refractivity contribution is -0.135. The molecule has 0 saturated carbocycles. The maximum atomic E-state index is 12.8. The normalized spacial score (nSPS) is 22.9. The molecule has 0 aromatic carbocycles. The van der Waals surface area contributed by atoms with Crippen molar-refractivity contribution in [3.63, 3.8) is 0 Å². The minimum atomic E-state index is -1.18. The van der Waals surface area contributed by atoms with Gasteiger partial charge < -0.3 is 20.3 Å². The first-order valence-corrected chi connectivity index (χ1v) is 8.09. The lowest BCUT2D eigenvalue weighted by Crippen LogP contribution is -2.50. The fourth-order valence-electron chi connectivity index (χ4n) is 2.86. The van der Waals surface area contributed by atoms with Crippen molar-refractivity contribution in [2.24, 2.45) is 11.8 Å². The number of imidazole rings is 1. The van der Waals surface area contributed by atoms with Gasteiger partial charge in [0.05, 0.1) is 12.2 Å². The molecule has 1 unspecified atom stereocenters. The lowest BCUT2D eigenvalue weighted by atomic mass is 10.0. The molecule has 3 N–H and O–H groups in total. The molecule has 22 heavy (non-hydrogen) atoms. The number of amides is 2. The van der Waals surface area contributed by atoms with Crippen molar-refractivity contribution in [2.45, 2.75) is 39.3 Å². The molecular weight excluding hydrogens is 352 g/mol. The Kier molecular flexibility index (Phi) is 5.10. The molecule has 7 nitrogen and oxygen atoms in total. The Morgan fingerprint density at radius 2 is 2.23 bits per heavy atom. The molecule has 1 aromatic heterocycles. The molecule has 0 radical (unpaired) electrons. The number of aromatic nitrogens is 2. The number of H-pyrrole nitrogens is 1. The van der Waals surface area contributed by atoms with Gasteiger partial charge >= 0.3 is 6.09 Å². The van der Waals surface area contributed by atoms with Gasteiger partial charge in [-0.25, -0.2) is 9.78 Å². The molecule has 3 atom stereocenters. The highest BCUT2D eigenvalue weighted by Gasteiger charge is 2.39. The summed E-state index contributed by atoms with van der Waals surface area (Å²) in [5, 5.41) is 11.3. The standard InChI is InChI=1S/C14H21BrN4O3/c1-7(2)11(18-14(21)22)13(20)19-6-8(3)4-9(19)12-16-5-10(15)17-12/h5,7-9,11,18H,4,6H2,1-3H3,(H,16,17)(H,21,22)/t8-,9-,11?/m0/s1. The molecule has 1 aliphatic heterocycles. The van der Waals surface area contributed by atoms with Crippen molar-refractivity contribution in [1.29, 1.82) is 0 Å². The van der Waals surface area contributed by atoms with Crippen LogP contribution in [-0.4, -0.2) is 44.6 Å². The predicted octanol–water partition coefficient (Wildman–Crippen LogP) is 2.37. The van der Waals surface area contributed by atoms with Crippen molar-refractivity contribution in [3.05, 3.63) is 16.6 Å². The highest BCUT2D eigenvalue weighted by Crippen LogP contribution is 2.35. The molecule has 0 spiro atoms. The van der Waals surface area contributed by atoms with Crippen LogP contribution in [-0.2, 0) is 4.79 Å². The highest BCUT2D eigenvalue weighted by molar-refractivity contribution is 9.10. The third kappa shape index (κ3) is 3.60. The van der Waals surface area contributed by atoms with E-state index in [0.29, 0.717) is 12.5 Å². The van der Waals surface area contributed by atoms with Crippen molar-refractivity contribution in [2.75, 3.05) is 6.54 Å². The van der Waals surface area contributed by atoms with Gasteiger partial charge in [0.2, 0.25) is 5.91 Å². The highest BCUT2D eigenvalue weighted by atomic mass is 79.9. The number of hydrogen-bond donors (Lipinski definition) is 3. The second-order valence-electron chi connectivity index (χ2n) is 6.13. The lowest BCUT2D eigenvalue weighted by Gasteiger charge is -2.29. The number of likely N-dealkylation sites (tertiary alicyclic amines) is 1. The zero-order chi connectivity index (χ0) is 16.4. The Morgan fingerprint density at radius 1 is 1.55 bits per heavy atom. The Balaban J connectivity index is 2.23. The molecule has 0 aliphatic carbocycles. The van der Waals surface area contributed by atoms with E-state index in [1.54, 1.807) is 11.1 Å². The molecule has 1 saturated heterocycles. The fourth-order valence-corrected chi connectivity index (χ4v) is 3.16. The summed E-state index contributed by atoms with van der Waals surface area (Å²) in [5.41, 5.74) is 0. The van der Waals surface area contributed by atoms with Gasteiger partial charge in [-0.15, -0.1) is 0 Å². The number of hydrogen-bond acceptors (Lipinski definition) is 3. The van der Waals surface area contributed by atoms with Gasteiger partial charge in [0, 0.05) is 6.54 Å². The minimum Gasteiger partial charge on any atom is -0.465 e. The monoisotopic (exact) mass is 372 g/mol. The first-order valence-electron chi connectivity index (χ1n) is 7.30. The quantitative estimate of drug-likeness (QED) is 0.755. The van der Waals surface area contributed by atoms with Crippen molar-refractivity contribution in [1.82, 2.24) is 20.2 Å². The van der Waals surface area contributed by atoms with E-state index in [9.17, 15) is 9.59 Å². The first-order chi connectivity index (χ1) is 10.3. The number of carbonyl (C=O) groups is 2. The van der Waals surface area contributed by atoms with Crippen LogP contribution in [0.4, 0.5) is 4.79 Å². The number of rotatable bonds is 4.